The predicted octanol–water partition coefficient (Wildman–Crippen LogP) is 3.52. The van der Waals surface area contributed by atoms with Crippen LogP contribution in [0.2, 0.25) is 0 Å². The molecule has 1 aliphatic rings. The summed E-state index contributed by atoms with van der Waals surface area (Å²) < 4.78 is 5.57. The molecule has 1 saturated carbocycles. The van der Waals surface area contributed by atoms with Gasteiger partial charge < -0.3 is 10.1 Å². The molecule has 6 heteroatoms. The Hall–Kier alpha value is -1.04. The zero-order valence-electron chi connectivity index (χ0n) is 12.4. The van der Waals surface area contributed by atoms with Crippen LogP contribution in [0.15, 0.2) is 5.16 Å². The van der Waals surface area contributed by atoms with Crippen LogP contribution in [0, 0.1) is 0 Å². The molecule has 1 N–H and O–H groups in total. The number of aromatic nitrogens is 3. The van der Waals surface area contributed by atoms with Crippen molar-refractivity contribution < 1.29 is 4.74 Å². The van der Waals surface area contributed by atoms with Crippen molar-refractivity contribution in [3.05, 3.63) is 0 Å². The smallest absolute Gasteiger partial charge is 0.322 e. The third-order valence-electron chi connectivity index (χ3n) is 3.14. The monoisotopic (exact) mass is 296 g/mol. The van der Waals surface area contributed by atoms with Gasteiger partial charge in [0.2, 0.25) is 5.95 Å². The molecule has 1 aromatic rings. The SMILES string of the molecule is CCCNc1nc(OCCC)nc(SC2CCCC2)n1. The van der Waals surface area contributed by atoms with E-state index >= 15 is 0 Å². The van der Waals surface area contributed by atoms with Gasteiger partial charge in [-0.3, -0.25) is 0 Å². The first kappa shape index (κ1) is 15.4. The minimum absolute atomic E-state index is 0.445. The highest BCUT2D eigenvalue weighted by Crippen LogP contribution is 2.33. The van der Waals surface area contributed by atoms with Gasteiger partial charge in [-0.05, 0) is 25.7 Å². The van der Waals surface area contributed by atoms with Crippen LogP contribution in [0.5, 0.6) is 6.01 Å². The van der Waals surface area contributed by atoms with Gasteiger partial charge in [0, 0.05) is 11.8 Å². The number of hydrogen-bond acceptors (Lipinski definition) is 6. The summed E-state index contributed by atoms with van der Waals surface area (Å²) >= 11 is 1.76. The molecule has 1 heterocycles. The van der Waals surface area contributed by atoms with Crippen molar-refractivity contribution in [1.82, 2.24) is 15.0 Å². The molecular formula is C14H24N4OS. The molecule has 2 rings (SSSR count). The Labute approximate surface area is 125 Å². The van der Waals surface area contributed by atoms with E-state index in [0.29, 0.717) is 23.8 Å². The maximum absolute atomic E-state index is 5.57. The summed E-state index contributed by atoms with van der Waals surface area (Å²) in [4.78, 5) is 13.2. The minimum Gasteiger partial charge on any atom is -0.463 e. The molecule has 0 bridgehead atoms. The van der Waals surface area contributed by atoms with Crippen LogP contribution < -0.4 is 10.1 Å². The van der Waals surface area contributed by atoms with E-state index in [4.69, 9.17) is 4.74 Å². The lowest BCUT2D eigenvalue weighted by Gasteiger charge is -2.11. The molecule has 112 valence electrons. The molecule has 1 fully saturated rings. The summed E-state index contributed by atoms with van der Waals surface area (Å²) in [5, 5.41) is 4.66. The van der Waals surface area contributed by atoms with E-state index < -0.39 is 0 Å². The molecular weight excluding hydrogens is 272 g/mol. The number of thioether (sulfide) groups is 1. The summed E-state index contributed by atoms with van der Waals surface area (Å²) in [6, 6.07) is 0.445. The maximum atomic E-state index is 5.57. The number of rotatable bonds is 8. The highest BCUT2D eigenvalue weighted by Gasteiger charge is 2.19. The topological polar surface area (TPSA) is 59.9 Å². The second-order valence-electron chi connectivity index (χ2n) is 5.02. The van der Waals surface area contributed by atoms with Crippen LogP contribution >= 0.6 is 11.8 Å². The first-order valence-electron chi connectivity index (χ1n) is 7.61. The average molecular weight is 296 g/mol. The first-order chi connectivity index (χ1) is 9.81. The van der Waals surface area contributed by atoms with E-state index in [1.807, 2.05) is 0 Å². The standard InChI is InChI=1S/C14H24N4OS/c1-3-9-15-12-16-13(19-10-4-2)18-14(17-12)20-11-7-5-6-8-11/h11H,3-10H2,1-2H3,(H,15,16,17,18). The average Bonchev–Trinajstić information content (AvgIpc) is 2.95. The molecule has 0 atom stereocenters. The molecule has 0 radical (unpaired) electrons. The molecule has 0 amide bonds. The van der Waals surface area contributed by atoms with Crippen molar-refractivity contribution in [2.75, 3.05) is 18.5 Å². The third-order valence-corrected chi connectivity index (χ3v) is 4.34. The molecule has 1 aliphatic carbocycles. The Morgan fingerprint density at radius 2 is 1.95 bits per heavy atom. The zero-order chi connectivity index (χ0) is 14.2. The molecule has 0 aromatic carbocycles. The summed E-state index contributed by atoms with van der Waals surface area (Å²) in [6.07, 6.45) is 7.17. The van der Waals surface area contributed by atoms with Gasteiger partial charge in [0.25, 0.3) is 0 Å². The van der Waals surface area contributed by atoms with Crippen LogP contribution in [0.1, 0.15) is 52.4 Å². The molecule has 0 saturated heterocycles. The fourth-order valence-corrected chi connectivity index (χ4v) is 3.26. The minimum atomic E-state index is 0.445. The van der Waals surface area contributed by atoms with Gasteiger partial charge in [0.15, 0.2) is 5.16 Å². The lowest BCUT2D eigenvalue weighted by Crippen LogP contribution is -2.09. The molecule has 1 aromatic heterocycles. The van der Waals surface area contributed by atoms with Crippen molar-refractivity contribution in [3.63, 3.8) is 0 Å². The van der Waals surface area contributed by atoms with Gasteiger partial charge in [-0.15, -0.1) is 0 Å². The van der Waals surface area contributed by atoms with Gasteiger partial charge in [-0.2, -0.15) is 15.0 Å². The predicted molar refractivity (Wildman–Crippen MR) is 82.5 cm³/mol. The van der Waals surface area contributed by atoms with Gasteiger partial charge in [-0.25, -0.2) is 0 Å². The Kier molecular flexibility index (Phi) is 6.36. The second kappa shape index (κ2) is 8.29. The van der Waals surface area contributed by atoms with Gasteiger partial charge in [-0.1, -0.05) is 38.5 Å². The highest BCUT2D eigenvalue weighted by molar-refractivity contribution is 7.99. The zero-order valence-corrected chi connectivity index (χ0v) is 13.2. The van der Waals surface area contributed by atoms with Crippen LogP contribution in [-0.4, -0.2) is 33.4 Å². The van der Waals surface area contributed by atoms with E-state index in [9.17, 15) is 0 Å². The summed E-state index contributed by atoms with van der Waals surface area (Å²) in [5.41, 5.74) is 0. The van der Waals surface area contributed by atoms with E-state index in [2.05, 4.69) is 34.1 Å². The Morgan fingerprint density at radius 3 is 2.65 bits per heavy atom. The maximum Gasteiger partial charge on any atom is 0.322 e. The Balaban J connectivity index is 2.06. The quantitative estimate of drug-likeness (QED) is 0.792. The van der Waals surface area contributed by atoms with Gasteiger partial charge in [0.1, 0.15) is 0 Å². The van der Waals surface area contributed by atoms with Crippen molar-refractivity contribution in [2.45, 2.75) is 62.8 Å². The normalized spacial score (nSPS) is 15.5. The van der Waals surface area contributed by atoms with E-state index in [0.717, 1.165) is 24.5 Å². The summed E-state index contributed by atoms with van der Waals surface area (Å²) in [5.74, 6) is 0.633. The number of hydrogen-bond donors (Lipinski definition) is 1. The third kappa shape index (κ3) is 4.81. The van der Waals surface area contributed by atoms with Crippen molar-refractivity contribution in [1.29, 1.82) is 0 Å². The molecule has 0 spiro atoms. The van der Waals surface area contributed by atoms with Crippen LogP contribution in [0.25, 0.3) is 0 Å². The number of anilines is 1. The molecule has 5 nitrogen and oxygen atoms in total. The van der Waals surface area contributed by atoms with E-state index in [1.54, 1.807) is 11.8 Å². The van der Waals surface area contributed by atoms with E-state index in [-0.39, 0.29) is 0 Å². The number of nitrogens with zero attached hydrogens (tertiary/aromatic N) is 3. The summed E-state index contributed by atoms with van der Waals surface area (Å²) in [7, 11) is 0. The fourth-order valence-electron chi connectivity index (χ4n) is 2.12. The van der Waals surface area contributed by atoms with Gasteiger partial charge >= 0.3 is 6.01 Å². The Morgan fingerprint density at radius 1 is 1.15 bits per heavy atom. The molecule has 0 aliphatic heterocycles. The van der Waals surface area contributed by atoms with Crippen LogP contribution in [-0.2, 0) is 0 Å². The largest absolute Gasteiger partial charge is 0.463 e. The van der Waals surface area contributed by atoms with Crippen LogP contribution in [0.4, 0.5) is 5.95 Å². The second-order valence-corrected chi connectivity index (χ2v) is 6.29. The highest BCUT2D eigenvalue weighted by atomic mass is 32.2. The fraction of sp³-hybridized carbons (Fsp3) is 0.786. The lowest BCUT2D eigenvalue weighted by molar-refractivity contribution is 0.288. The van der Waals surface area contributed by atoms with Gasteiger partial charge in [0.05, 0.1) is 6.61 Å². The van der Waals surface area contributed by atoms with E-state index in [1.165, 1.54) is 25.7 Å². The van der Waals surface area contributed by atoms with Crippen molar-refractivity contribution in [3.8, 4) is 6.01 Å². The first-order valence-corrected chi connectivity index (χ1v) is 8.49. The molecule has 20 heavy (non-hydrogen) atoms. The Bertz CT molecular complexity index is 384. The lowest BCUT2D eigenvalue weighted by atomic mass is 10.4. The number of nitrogens with one attached hydrogen (secondary N) is 1. The summed E-state index contributed by atoms with van der Waals surface area (Å²) in [6.45, 7) is 5.71. The van der Waals surface area contributed by atoms with Crippen LogP contribution in [0.3, 0.4) is 0 Å². The van der Waals surface area contributed by atoms with Crippen molar-refractivity contribution >= 4 is 17.7 Å². The number of ether oxygens (including phenoxy) is 1. The molecule has 0 unspecified atom stereocenters. The van der Waals surface area contributed by atoms with Crippen molar-refractivity contribution in [2.24, 2.45) is 0 Å².